The molecule has 1 saturated heterocycles. The molecule has 1 atom stereocenters. The van der Waals surface area contributed by atoms with Gasteiger partial charge in [-0.2, -0.15) is 0 Å². The molecule has 8 heteroatoms. The first-order valence-corrected chi connectivity index (χ1v) is 8.98. The number of aliphatic imine (C=N–C) groups is 1. The van der Waals surface area contributed by atoms with Crippen LogP contribution in [0.4, 0.5) is 5.69 Å². The molecule has 1 aromatic carbocycles. The molecule has 2 N–H and O–H groups in total. The molecule has 1 aromatic heterocycles. The zero-order valence-electron chi connectivity index (χ0n) is 14.9. The molecule has 0 bridgehead atoms. The van der Waals surface area contributed by atoms with Gasteiger partial charge in [-0.15, -0.1) is 10.2 Å². The maximum atomic E-state index is 12.3. The van der Waals surface area contributed by atoms with Crippen molar-refractivity contribution >= 4 is 17.6 Å². The summed E-state index contributed by atoms with van der Waals surface area (Å²) in [5, 5.41) is 15.1. The van der Waals surface area contributed by atoms with E-state index < -0.39 is 0 Å². The third-order valence-corrected chi connectivity index (χ3v) is 4.86. The van der Waals surface area contributed by atoms with E-state index in [0.717, 1.165) is 36.7 Å². The Labute approximate surface area is 152 Å². The Morgan fingerprint density at radius 2 is 2.15 bits per heavy atom. The molecule has 136 valence electrons. The van der Waals surface area contributed by atoms with Crippen molar-refractivity contribution in [1.82, 2.24) is 25.4 Å². The predicted molar refractivity (Wildman–Crippen MR) is 98.9 cm³/mol. The number of fused-ring (bicyclic) bond motifs is 1. The highest BCUT2D eigenvalue weighted by Gasteiger charge is 2.31. The average molecular weight is 353 g/mol. The third kappa shape index (κ3) is 3.26. The summed E-state index contributed by atoms with van der Waals surface area (Å²) >= 11 is 0. The molecular weight excluding hydrogens is 330 g/mol. The van der Waals surface area contributed by atoms with Gasteiger partial charge in [0.15, 0.2) is 11.8 Å². The molecule has 0 saturated carbocycles. The number of anilines is 1. The Hall–Kier alpha value is -2.90. The van der Waals surface area contributed by atoms with E-state index >= 15 is 0 Å². The zero-order valence-corrected chi connectivity index (χ0v) is 14.9. The maximum Gasteiger partial charge on any atom is 0.229 e. The first kappa shape index (κ1) is 16.6. The second-order valence-corrected chi connectivity index (χ2v) is 6.60. The Morgan fingerprint density at radius 3 is 2.96 bits per heavy atom. The van der Waals surface area contributed by atoms with Crippen LogP contribution in [-0.4, -0.2) is 46.3 Å². The summed E-state index contributed by atoms with van der Waals surface area (Å²) in [5.41, 5.74) is 0.934. The van der Waals surface area contributed by atoms with Crippen molar-refractivity contribution in [2.75, 3.05) is 18.5 Å². The van der Waals surface area contributed by atoms with Crippen LogP contribution in [0.2, 0.25) is 0 Å². The highest BCUT2D eigenvalue weighted by Crippen LogP contribution is 2.21. The van der Waals surface area contributed by atoms with Crippen LogP contribution in [0, 0.1) is 0 Å². The van der Waals surface area contributed by atoms with E-state index in [-0.39, 0.29) is 11.9 Å². The van der Waals surface area contributed by atoms with Gasteiger partial charge in [-0.25, -0.2) is 0 Å². The zero-order chi connectivity index (χ0) is 17.9. The smallest absolute Gasteiger partial charge is 0.229 e. The third-order valence-electron chi connectivity index (χ3n) is 4.86. The lowest BCUT2D eigenvalue weighted by Gasteiger charge is -2.19. The van der Waals surface area contributed by atoms with Crippen molar-refractivity contribution < 1.29 is 4.79 Å². The topological polar surface area (TPSA) is 87.4 Å². The number of nitrogens with zero attached hydrogens (tertiary/aromatic N) is 5. The van der Waals surface area contributed by atoms with E-state index in [4.69, 9.17) is 0 Å². The number of carbonyl (C=O) groups excluding carboxylic acids is 1. The lowest BCUT2D eigenvalue weighted by Crippen LogP contribution is -2.44. The number of rotatable bonds is 4. The quantitative estimate of drug-likeness (QED) is 0.624. The largest absolute Gasteiger partial charge is 0.351 e. The average Bonchev–Trinajstić information content (AvgIpc) is 3.36. The molecule has 0 radical (unpaired) electrons. The van der Waals surface area contributed by atoms with Gasteiger partial charge in [-0.3, -0.25) is 9.79 Å². The predicted octanol–water partition coefficient (Wildman–Crippen LogP) is 0.695. The van der Waals surface area contributed by atoms with E-state index in [1.165, 1.54) is 0 Å². The molecule has 4 rings (SSSR count). The Kier molecular flexibility index (Phi) is 4.55. The van der Waals surface area contributed by atoms with E-state index in [9.17, 15) is 4.79 Å². The summed E-state index contributed by atoms with van der Waals surface area (Å²) in [6.07, 6.45) is 2.58. The van der Waals surface area contributed by atoms with Crippen LogP contribution >= 0.6 is 0 Å². The maximum absolute atomic E-state index is 12.3. The van der Waals surface area contributed by atoms with Gasteiger partial charge in [0.1, 0.15) is 5.82 Å². The van der Waals surface area contributed by atoms with Crippen molar-refractivity contribution in [2.45, 2.75) is 38.4 Å². The minimum absolute atomic E-state index is 0.0259. The number of aryl methyl sites for hydroxylation is 1. The summed E-state index contributed by atoms with van der Waals surface area (Å²) in [6, 6.07) is 9.78. The fraction of sp³-hybridized carbons (Fsp3) is 0.444. The Bertz CT molecular complexity index is 814. The van der Waals surface area contributed by atoms with Gasteiger partial charge in [0.05, 0.1) is 12.6 Å². The monoisotopic (exact) mass is 353 g/mol. The van der Waals surface area contributed by atoms with Gasteiger partial charge in [0.2, 0.25) is 5.91 Å². The minimum atomic E-state index is 0.0259. The number of hydrogen-bond acceptors (Lipinski definition) is 4. The first-order chi connectivity index (χ1) is 12.7. The van der Waals surface area contributed by atoms with Gasteiger partial charge < -0.3 is 20.1 Å². The molecule has 2 aliphatic heterocycles. The lowest BCUT2D eigenvalue weighted by molar-refractivity contribution is -0.117. The molecule has 0 aliphatic carbocycles. The molecule has 26 heavy (non-hydrogen) atoms. The van der Waals surface area contributed by atoms with Crippen LogP contribution in [-0.2, 0) is 24.3 Å². The number of carbonyl (C=O) groups is 1. The summed E-state index contributed by atoms with van der Waals surface area (Å²) in [5.74, 6) is 2.78. The Balaban J connectivity index is 1.34. The van der Waals surface area contributed by atoms with Gasteiger partial charge in [-0.1, -0.05) is 18.2 Å². The number of nitrogens with one attached hydrogen (secondary N) is 2. The van der Waals surface area contributed by atoms with Crippen LogP contribution in [0.1, 0.15) is 24.5 Å². The number of benzene rings is 1. The first-order valence-electron chi connectivity index (χ1n) is 8.98. The van der Waals surface area contributed by atoms with Gasteiger partial charge in [0.25, 0.3) is 0 Å². The minimum Gasteiger partial charge on any atom is -0.351 e. The van der Waals surface area contributed by atoms with Crippen molar-refractivity contribution in [1.29, 1.82) is 0 Å². The van der Waals surface area contributed by atoms with Crippen molar-refractivity contribution in [3.8, 4) is 0 Å². The molecule has 2 aliphatic rings. The SMILES string of the molecule is CN=C(NCc1nnc2n1CCC2)NC1CC(=O)N(c2ccccc2)C1. The van der Waals surface area contributed by atoms with Crippen LogP contribution in [0.3, 0.4) is 0 Å². The van der Waals surface area contributed by atoms with Crippen LogP contribution in [0.25, 0.3) is 0 Å². The highest BCUT2D eigenvalue weighted by molar-refractivity contribution is 5.97. The number of para-hydroxylation sites is 1. The van der Waals surface area contributed by atoms with E-state index in [1.807, 2.05) is 35.2 Å². The number of hydrogen-bond donors (Lipinski definition) is 2. The number of amides is 1. The standard InChI is InChI=1S/C18H23N7O/c1-19-18(20-11-16-23-22-15-8-5-9-24(15)16)21-13-10-17(26)25(12-13)14-6-3-2-4-7-14/h2-4,6-7,13H,5,8-12H2,1H3,(H2,19,20,21). The number of guanidine groups is 1. The molecule has 8 nitrogen and oxygen atoms in total. The molecule has 1 unspecified atom stereocenters. The van der Waals surface area contributed by atoms with Crippen LogP contribution < -0.4 is 15.5 Å². The van der Waals surface area contributed by atoms with Crippen LogP contribution in [0.15, 0.2) is 35.3 Å². The summed E-state index contributed by atoms with van der Waals surface area (Å²) < 4.78 is 2.16. The van der Waals surface area contributed by atoms with Crippen molar-refractivity contribution in [3.63, 3.8) is 0 Å². The molecular formula is C18H23N7O. The molecule has 1 amide bonds. The van der Waals surface area contributed by atoms with E-state index in [2.05, 4.69) is 30.4 Å². The van der Waals surface area contributed by atoms with Crippen LogP contribution in [0.5, 0.6) is 0 Å². The lowest BCUT2D eigenvalue weighted by atomic mass is 10.2. The fourth-order valence-electron chi connectivity index (χ4n) is 3.55. The second kappa shape index (κ2) is 7.15. The molecule has 0 spiro atoms. The summed E-state index contributed by atoms with van der Waals surface area (Å²) in [7, 11) is 1.73. The van der Waals surface area contributed by atoms with Gasteiger partial charge >= 0.3 is 0 Å². The molecule has 3 heterocycles. The molecule has 1 fully saturated rings. The number of aromatic nitrogens is 3. The van der Waals surface area contributed by atoms with Crippen molar-refractivity contribution in [3.05, 3.63) is 42.0 Å². The highest BCUT2D eigenvalue weighted by atomic mass is 16.2. The normalized spacial score (nSPS) is 19.7. The van der Waals surface area contributed by atoms with E-state index in [0.29, 0.717) is 25.5 Å². The van der Waals surface area contributed by atoms with Crippen molar-refractivity contribution in [2.24, 2.45) is 4.99 Å². The fourth-order valence-corrected chi connectivity index (χ4v) is 3.55. The molecule has 2 aromatic rings. The summed E-state index contributed by atoms with van der Waals surface area (Å²) in [4.78, 5) is 18.4. The van der Waals surface area contributed by atoms with Gasteiger partial charge in [-0.05, 0) is 18.6 Å². The second-order valence-electron chi connectivity index (χ2n) is 6.60. The van der Waals surface area contributed by atoms with E-state index in [1.54, 1.807) is 7.05 Å². The van der Waals surface area contributed by atoms with Gasteiger partial charge in [0, 0.05) is 38.7 Å². The summed E-state index contributed by atoms with van der Waals surface area (Å²) in [6.45, 7) is 2.17. The Morgan fingerprint density at radius 1 is 1.31 bits per heavy atom.